The molecular weight excluding hydrogens is 236 g/mol. The van der Waals surface area contributed by atoms with Crippen molar-refractivity contribution >= 4 is 5.90 Å². The number of nitrogens with zero attached hydrogens (tertiary/aromatic N) is 1. The Morgan fingerprint density at radius 3 is 2.72 bits per heavy atom. The molecule has 0 saturated carbocycles. The number of aliphatic imine (C=N–C) groups is 1. The molecule has 0 unspecified atom stereocenters. The maximum absolute atomic E-state index is 13.9. The Morgan fingerprint density at radius 2 is 2.06 bits per heavy atom. The Morgan fingerprint density at radius 1 is 1.33 bits per heavy atom. The molecule has 1 aromatic carbocycles. The van der Waals surface area contributed by atoms with Crippen LogP contribution in [0.2, 0.25) is 0 Å². The maximum Gasteiger partial charge on any atom is 0.187 e. The van der Waals surface area contributed by atoms with Crippen molar-refractivity contribution in [3.63, 3.8) is 0 Å². The van der Waals surface area contributed by atoms with Crippen LogP contribution in [0.4, 0.5) is 8.78 Å². The highest BCUT2D eigenvalue weighted by Gasteiger charge is 2.31. The summed E-state index contributed by atoms with van der Waals surface area (Å²) in [4.78, 5) is 4.30. The fourth-order valence-corrected chi connectivity index (χ4v) is 2.15. The monoisotopic (exact) mass is 251 g/mol. The molecule has 0 bridgehead atoms. The van der Waals surface area contributed by atoms with Gasteiger partial charge in [-0.2, -0.15) is 0 Å². The third-order valence-corrected chi connectivity index (χ3v) is 2.91. The van der Waals surface area contributed by atoms with Crippen LogP contribution < -0.4 is 0 Å². The van der Waals surface area contributed by atoms with E-state index in [9.17, 15) is 8.78 Å². The molecule has 0 N–H and O–H groups in total. The van der Waals surface area contributed by atoms with Crippen molar-refractivity contribution in [1.29, 1.82) is 0 Å². The number of alkyl halides is 1. The van der Waals surface area contributed by atoms with E-state index < -0.39 is 12.2 Å². The van der Waals surface area contributed by atoms with Crippen molar-refractivity contribution in [2.45, 2.75) is 26.3 Å². The summed E-state index contributed by atoms with van der Waals surface area (Å²) >= 11 is 0. The van der Waals surface area contributed by atoms with Crippen LogP contribution in [0.25, 0.3) is 0 Å². The Hall–Kier alpha value is -1.71. The molecule has 0 aliphatic carbocycles. The molecule has 96 valence electrons. The summed E-state index contributed by atoms with van der Waals surface area (Å²) in [7, 11) is 0. The minimum atomic E-state index is -0.917. The molecule has 4 heteroatoms. The standard InChI is InChI=1S/C14H15F2NO/c1-9-4-5-13(16)12(6-9)14(3)7-11(8-15)18-10(2)17-14/h4-7H,8H2,1-3H3/t14-/m0/s1. The minimum Gasteiger partial charge on any atom is -0.445 e. The van der Waals surface area contributed by atoms with Crippen molar-refractivity contribution in [1.82, 2.24) is 0 Å². The Labute approximate surface area is 105 Å². The Bertz CT molecular complexity index is 537. The average Bonchev–Trinajstić information content (AvgIpc) is 2.31. The van der Waals surface area contributed by atoms with Gasteiger partial charge in [0.15, 0.2) is 5.90 Å². The second-order valence-corrected chi connectivity index (χ2v) is 4.61. The first kappa shape index (κ1) is 12.7. The second-order valence-electron chi connectivity index (χ2n) is 4.61. The van der Waals surface area contributed by atoms with Crippen LogP contribution >= 0.6 is 0 Å². The van der Waals surface area contributed by atoms with Gasteiger partial charge >= 0.3 is 0 Å². The molecule has 1 aliphatic heterocycles. The molecule has 0 spiro atoms. The van der Waals surface area contributed by atoms with Crippen LogP contribution in [0.1, 0.15) is 25.0 Å². The summed E-state index contributed by atoms with van der Waals surface area (Å²) < 4.78 is 31.8. The molecule has 0 radical (unpaired) electrons. The minimum absolute atomic E-state index is 0.172. The van der Waals surface area contributed by atoms with Gasteiger partial charge in [0.25, 0.3) is 0 Å². The van der Waals surface area contributed by atoms with Crippen LogP contribution in [-0.2, 0) is 10.3 Å². The molecule has 0 aromatic heterocycles. The Kier molecular flexibility index (Phi) is 3.20. The molecule has 0 fully saturated rings. The van der Waals surface area contributed by atoms with Crippen LogP contribution in [0, 0.1) is 12.7 Å². The summed E-state index contributed by atoms with van der Waals surface area (Å²) in [5, 5.41) is 0. The van der Waals surface area contributed by atoms with Crippen LogP contribution in [0.15, 0.2) is 35.0 Å². The first-order valence-corrected chi connectivity index (χ1v) is 5.73. The zero-order valence-corrected chi connectivity index (χ0v) is 10.6. The summed E-state index contributed by atoms with van der Waals surface area (Å²) in [6.07, 6.45) is 1.53. The van der Waals surface area contributed by atoms with E-state index in [-0.39, 0.29) is 11.6 Å². The lowest BCUT2D eigenvalue weighted by molar-refractivity contribution is 0.317. The molecule has 1 heterocycles. The van der Waals surface area contributed by atoms with E-state index in [1.165, 1.54) is 12.1 Å². The van der Waals surface area contributed by atoms with Gasteiger partial charge in [0, 0.05) is 12.5 Å². The zero-order chi connectivity index (χ0) is 13.3. The van der Waals surface area contributed by atoms with Crippen LogP contribution in [-0.4, -0.2) is 12.6 Å². The van der Waals surface area contributed by atoms with Gasteiger partial charge in [-0.15, -0.1) is 0 Å². The van der Waals surface area contributed by atoms with Gasteiger partial charge in [0.2, 0.25) is 0 Å². The van der Waals surface area contributed by atoms with E-state index in [0.29, 0.717) is 11.5 Å². The lowest BCUT2D eigenvalue weighted by Gasteiger charge is -2.28. The van der Waals surface area contributed by atoms with Crippen LogP contribution in [0.3, 0.4) is 0 Å². The first-order valence-electron chi connectivity index (χ1n) is 5.73. The molecule has 2 rings (SSSR count). The predicted octanol–water partition coefficient (Wildman–Crippen LogP) is 3.65. The van der Waals surface area contributed by atoms with Gasteiger partial charge in [-0.3, -0.25) is 0 Å². The zero-order valence-electron chi connectivity index (χ0n) is 10.6. The Balaban J connectivity index is 2.56. The van der Waals surface area contributed by atoms with Crippen molar-refractivity contribution in [2.24, 2.45) is 4.99 Å². The molecule has 0 saturated heterocycles. The number of rotatable bonds is 2. The van der Waals surface area contributed by atoms with Crippen LogP contribution in [0.5, 0.6) is 0 Å². The fourth-order valence-electron chi connectivity index (χ4n) is 2.15. The van der Waals surface area contributed by atoms with Gasteiger partial charge in [-0.05, 0) is 26.0 Å². The highest BCUT2D eigenvalue weighted by Crippen LogP contribution is 2.34. The molecule has 1 aliphatic rings. The van der Waals surface area contributed by atoms with Crippen molar-refractivity contribution in [3.05, 3.63) is 47.0 Å². The van der Waals surface area contributed by atoms with Gasteiger partial charge < -0.3 is 4.74 Å². The van der Waals surface area contributed by atoms with E-state index in [0.717, 1.165) is 5.56 Å². The van der Waals surface area contributed by atoms with Gasteiger partial charge in [0.05, 0.1) is 0 Å². The molecule has 1 atom stereocenters. The van der Waals surface area contributed by atoms with Crippen molar-refractivity contribution in [3.8, 4) is 0 Å². The topological polar surface area (TPSA) is 21.6 Å². The highest BCUT2D eigenvalue weighted by molar-refractivity contribution is 5.76. The number of ether oxygens (including phenoxy) is 1. The van der Waals surface area contributed by atoms with E-state index >= 15 is 0 Å². The smallest absolute Gasteiger partial charge is 0.187 e. The SMILES string of the molecule is CC1=N[C@](C)(c2cc(C)ccc2F)C=C(CF)O1. The lowest BCUT2D eigenvalue weighted by Crippen LogP contribution is -2.26. The summed E-state index contributed by atoms with van der Waals surface area (Å²) in [5.41, 5.74) is 0.443. The fraction of sp³-hybridized carbons (Fsp3) is 0.357. The third-order valence-electron chi connectivity index (χ3n) is 2.91. The maximum atomic E-state index is 13.9. The second kappa shape index (κ2) is 4.52. The number of benzene rings is 1. The van der Waals surface area contributed by atoms with E-state index in [4.69, 9.17) is 4.74 Å². The van der Waals surface area contributed by atoms with Crippen molar-refractivity contribution in [2.75, 3.05) is 6.67 Å². The predicted molar refractivity (Wildman–Crippen MR) is 66.7 cm³/mol. The lowest BCUT2D eigenvalue weighted by atomic mass is 9.89. The van der Waals surface area contributed by atoms with Gasteiger partial charge in [-0.25, -0.2) is 13.8 Å². The van der Waals surface area contributed by atoms with Crippen molar-refractivity contribution < 1.29 is 13.5 Å². The van der Waals surface area contributed by atoms with E-state index in [1.807, 2.05) is 6.92 Å². The summed E-state index contributed by atoms with van der Waals surface area (Å²) in [5.74, 6) is 0.162. The first-order chi connectivity index (χ1) is 8.44. The number of aryl methyl sites for hydroxylation is 1. The quantitative estimate of drug-likeness (QED) is 0.786. The normalized spacial score (nSPS) is 23.2. The molecule has 2 nitrogen and oxygen atoms in total. The molecule has 18 heavy (non-hydrogen) atoms. The number of halogens is 2. The number of allylic oxidation sites excluding steroid dienone is 1. The van der Waals surface area contributed by atoms with E-state index in [1.54, 1.807) is 26.0 Å². The number of hydrogen-bond donors (Lipinski definition) is 0. The van der Waals surface area contributed by atoms with E-state index in [2.05, 4.69) is 4.99 Å². The third kappa shape index (κ3) is 2.28. The summed E-state index contributed by atoms with van der Waals surface area (Å²) in [6.45, 7) is 4.53. The largest absolute Gasteiger partial charge is 0.445 e. The molecular formula is C14H15F2NO. The van der Waals surface area contributed by atoms with Gasteiger partial charge in [0.1, 0.15) is 23.8 Å². The summed E-state index contributed by atoms with van der Waals surface area (Å²) in [6, 6.07) is 4.82. The molecule has 1 aromatic rings. The average molecular weight is 251 g/mol. The highest BCUT2D eigenvalue weighted by atomic mass is 19.1. The van der Waals surface area contributed by atoms with Gasteiger partial charge in [-0.1, -0.05) is 17.7 Å². The molecule has 0 amide bonds. The number of hydrogen-bond acceptors (Lipinski definition) is 2.